The third-order valence-corrected chi connectivity index (χ3v) is 5.27. The highest BCUT2D eigenvalue weighted by molar-refractivity contribution is 7.89. The first-order chi connectivity index (χ1) is 9.53. The van der Waals surface area contributed by atoms with Gasteiger partial charge in [0.15, 0.2) is 0 Å². The summed E-state index contributed by atoms with van der Waals surface area (Å²) in [5.41, 5.74) is 0. The van der Waals surface area contributed by atoms with Gasteiger partial charge in [0.25, 0.3) is 0 Å². The molecule has 2 rings (SSSR count). The molecule has 5 nitrogen and oxygen atoms in total. The zero-order valence-electron chi connectivity index (χ0n) is 11.2. The van der Waals surface area contributed by atoms with E-state index in [9.17, 15) is 8.42 Å². The van der Waals surface area contributed by atoms with Crippen LogP contribution in [0.25, 0.3) is 0 Å². The molecular formula is C13H16N2O3S2. The van der Waals surface area contributed by atoms with E-state index in [0.29, 0.717) is 0 Å². The molecule has 20 heavy (non-hydrogen) atoms. The van der Waals surface area contributed by atoms with Gasteiger partial charge in [-0.3, -0.25) is 4.98 Å². The van der Waals surface area contributed by atoms with Crippen LogP contribution in [0.5, 0.6) is 0 Å². The van der Waals surface area contributed by atoms with E-state index >= 15 is 0 Å². The van der Waals surface area contributed by atoms with Crippen LogP contribution in [-0.4, -0.2) is 27.1 Å². The van der Waals surface area contributed by atoms with Crippen LogP contribution in [0.4, 0.5) is 0 Å². The maximum absolute atomic E-state index is 12.1. The standard InChI is InChI=1S/C13H16N2O3S2/c1-10-5-6-13(19-10)12(18-2)9-15-20(16,17)11-4-3-7-14-8-11/h3-8,12,15H,9H2,1-2H3/t12-/m1/s1. The first-order valence-electron chi connectivity index (χ1n) is 6.02. The lowest BCUT2D eigenvalue weighted by atomic mass is 10.3. The molecule has 0 aromatic carbocycles. The van der Waals surface area contributed by atoms with Crippen molar-refractivity contribution in [2.45, 2.75) is 17.9 Å². The maximum Gasteiger partial charge on any atom is 0.242 e. The smallest absolute Gasteiger partial charge is 0.242 e. The van der Waals surface area contributed by atoms with E-state index in [4.69, 9.17) is 4.74 Å². The Labute approximate surface area is 122 Å². The predicted molar refractivity (Wildman–Crippen MR) is 78.2 cm³/mol. The van der Waals surface area contributed by atoms with E-state index < -0.39 is 10.0 Å². The second-order valence-electron chi connectivity index (χ2n) is 4.21. The zero-order chi connectivity index (χ0) is 14.6. The third-order valence-electron chi connectivity index (χ3n) is 2.77. The van der Waals surface area contributed by atoms with Crippen LogP contribution in [0.2, 0.25) is 0 Å². The summed E-state index contributed by atoms with van der Waals surface area (Å²) in [4.78, 5) is 6.12. The number of aryl methyl sites for hydroxylation is 1. The molecule has 0 saturated heterocycles. The summed E-state index contributed by atoms with van der Waals surface area (Å²) in [6.07, 6.45) is 2.56. The minimum absolute atomic E-state index is 0.150. The minimum atomic E-state index is -3.55. The summed E-state index contributed by atoms with van der Waals surface area (Å²) in [6.45, 7) is 2.19. The van der Waals surface area contributed by atoms with Crippen LogP contribution in [0.1, 0.15) is 15.9 Å². The van der Waals surface area contributed by atoms with Crippen molar-refractivity contribution < 1.29 is 13.2 Å². The van der Waals surface area contributed by atoms with Gasteiger partial charge in [-0.25, -0.2) is 13.1 Å². The average molecular weight is 312 g/mol. The molecule has 0 unspecified atom stereocenters. The fourth-order valence-corrected chi connectivity index (χ4v) is 3.65. The second kappa shape index (κ2) is 6.45. The van der Waals surface area contributed by atoms with Crippen molar-refractivity contribution in [1.82, 2.24) is 9.71 Å². The molecule has 0 aliphatic heterocycles. The van der Waals surface area contributed by atoms with Crippen LogP contribution < -0.4 is 4.72 Å². The number of methoxy groups -OCH3 is 1. The molecule has 0 amide bonds. The molecule has 0 aliphatic rings. The molecule has 0 aliphatic carbocycles. The molecular weight excluding hydrogens is 296 g/mol. The monoisotopic (exact) mass is 312 g/mol. The molecule has 1 atom stereocenters. The maximum atomic E-state index is 12.1. The Morgan fingerprint density at radius 3 is 2.75 bits per heavy atom. The lowest BCUT2D eigenvalue weighted by molar-refractivity contribution is 0.110. The number of ether oxygens (including phenoxy) is 1. The molecule has 0 fully saturated rings. The Morgan fingerprint density at radius 2 is 2.20 bits per heavy atom. The Bertz CT molecular complexity index is 653. The Balaban J connectivity index is 2.07. The van der Waals surface area contributed by atoms with Crippen molar-refractivity contribution in [1.29, 1.82) is 0 Å². The molecule has 2 heterocycles. The summed E-state index contributed by atoms with van der Waals surface area (Å²) in [5.74, 6) is 0. The Kier molecular flexibility index (Phi) is 4.87. The number of hydrogen-bond donors (Lipinski definition) is 1. The molecule has 0 bridgehead atoms. The number of aromatic nitrogens is 1. The van der Waals surface area contributed by atoms with Gasteiger partial charge in [-0.2, -0.15) is 0 Å². The number of nitrogens with zero attached hydrogens (tertiary/aromatic N) is 1. The van der Waals surface area contributed by atoms with Gasteiger partial charge in [0.05, 0.1) is 0 Å². The van der Waals surface area contributed by atoms with E-state index in [0.717, 1.165) is 9.75 Å². The highest BCUT2D eigenvalue weighted by Gasteiger charge is 2.18. The molecule has 7 heteroatoms. The largest absolute Gasteiger partial charge is 0.375 e. The van der Waals surface area contributed by atoms with Crippen molar-refractivity contribution in [2.75, 3.05) is 13.7 Å². The fraction of sp³-hybridized carbons (Fsp3) is 0.308. The summed E-state index contributed by atoms with van der Waals surface area (Å²) < 4.78 is 32.1. The van der Waals surface area contributed by atoms with E-state index in [1.165, 1.54) is 18.5 Å². The number of nitrogens with one attached hydrogen (secondary N) is 1. The molecule has 1 N–H and O–H groups in total. The number of thiophene rings is 1. The van der Waals surface area contributed by atoms with Crippen molar-refractivity contribution in [3.8, 4) is 0 Å². The van der Waals surface area contributed by atoms with Gasteiger partial charge in [0.2, 0.25) is 10.0 Å². The first-order valence-corrected chi connectivity index (χ1v) is 8.32. The van der Waals surface area contributed by atoms with E-state index in [2.05, 4.69) is 9.71 Å². The molecule has 0 radical (unpaired) electrons. The van der Waals surface area contributed by atoms with Gasteiger partial charge in [-0.1, -0.05) is 0 Å². The molecule has 2 aromatic heterocycles. The number of sulfonamides is 1. The second-order valence-corrected chi connectivity index (χ2v) is 7.30. The topological polar surface area (TPSA) is 68.3 Å². The van der Waals surface area contributed by atoms with E-state index in [1.807, 2.05) is 19.1 Å². The zero-order valence-corrected chi connectivity index (χ0v) is 12.9. The van der Waals surface area contributed by atoms with E-state index in [-0.39, 0.29) is 17.5 Å². The highest BCUT2D eigenvalue weighted by Crippen LogP contribution is 2.24. The van der Waals surface area contributed by atoms with Crippen LogP contribution in [-0.2, 0) is 14.8 Å². The van der Waals surface area contributed by atoms with Gasteiger partial charge >= 0.3 is 0 Å². The van der Waals surface area contributed by atoms with Gasteiger partial charge in [-0.15, -0.1) is 11.3 Å². The normalized spacial score (nSPS) is 13.3. The molecule has 108 valence electrons. The molecule has 2 aromatic rings. The van der Waals surface area contributed by atoms with Crippen LogP contribution in [0.3, 0.4) is 0 Å². The lowest BCUT2D eigenvalue weighted by Gasteiger charge is -2.14. The summed E-state index contributed by atoms with van der Waals surface area (Å²) in [5, 5.41) is 0. The van der Waals surface area contributed by atoms with Crippen molar-refractivity contribution in [3.63, 3.8) is 0 Å². The summed E-state index contributed by atoms with van der Waals surface area (Å²) >= 11 is 1.59. The van der Waals surface area contributed by atoms with Gasteiger partial charge in [0, 0.05) is 35.8 Å². The van der Waals surface area contributed by atoms with Crippen LogP contribution in [0, 0.1) is 6.92 Å². The van der Waals surface area contributed by atoms with Crippen molar-refractivity contribution in [3.05, 3.63) is 46.4 Å². The predicted octanol–water partition coefficient (Wildman–Crippen LogP) is 2.12. The average Bonchev–Trinajstić information content (AvgIpc) is 2.87. The van der Waals surface area contributed by atoms with Crippen molar-refractivity contribution in [2.24, 2.45) is 0 Å². The quantitative estimate of drug-likeness (QED) is 0.887. The van der Waals surface area contributed by atoms with Gasteiger partial charge in [-0.05, 0) is 31.2 Å². The summed E-state index contributed by atoms with van der Waals surface area (Å²) in [7, 11) is -1.99. The minimum Gasteiger partial charge on any atom is -0.375 e. The van der Waals surface area contributed by atoms with Gasteiger partial charge in [0.1, 0.15) is 11.0 Å². The van der Waals surface area contributed by atoms with Crippen molar-refractivity contribution >= 4 is 21.4 Å². The highest BCUT2D eigenvalue weighted by atomic mass is 32.2. The fourth-order valence-electron chi connectivity index (χ4n) is 1.70. The third kappa shape index (κ3) is 3.63. The van der Waals surface area contributed by atoms with E-state index in [1.54, 1.807) is 24.5 Å². The molecule has 0 saturated carbocycles. The Hall–Kier alpha value is -1.28. The van der Waals surface area contributed by atoms with Gasteiger partial charge < -0.3 is 4.74 Å². The van der Waals surface area contributed by atoms with Crippen LogP contribution in [0.15, 0.2) is 41.6 Å². The number of hydrogen-bond acceptors (Lipinski definition) is 5. The number of pyridine rings is 1. The lowest BCUT2D eigenvalue weighted by Crippen LogP contribution is -2.29. The number of rotatable bonds is 6. The van der Waals surface area contributed by atoms with Crippen LogP contribution >= 0.6 is 11.3 Å². The summed E-state index contributed by atoms with van der Waals surface area (Å²) in [6, 6.07) is 7.03. The SMILES string of the molecule is CO[C@H](CNS(=O)(=O)c1cccnc1)c1ccc(C)s1. The molecule has 0 spiro atoms. The Morgan fingerprint density at radius 1 is 1.40 bits per heavy atom. The first kappa shape index (κ1) is 15.1.